The fraction of sp³-hybridized carbons (Fsp3) is 0.333. The van der Waals surface area contributed by atoms with Crippen molar-refractivity contribution in [3.05, 3.63) is 60.0 Å². The molecule has 0 saturated carbocycles. The summed E-state index contributed by atoms with van der Waals surface area (Å²) in [6.07, 6.45) is 1.82. The highest BCUT2D eigenvalue weighted by atomic mass is 19.1. The minimum atomic E-state index is -0.214. The second-order valence-corrected chi connectivity index (χ2v) is 5.69. The summed E-state index contributed by atoms with van der Waals surface area (Å²) >= 11 is 0. The molecule has 1 aromatic carbocycles. The van der Waals surface area contributed by atoms with E-state index >= 15 is 0 Å². The molecule has 0 unspecified atom stereocenters. The Morgan fingerprint density at radius 1 is 1.12 bits per heavy atom. The maximum atomic E-state index is 13.0. The van der Waals surface area contributed by atoms with Gasteiger partial charge in [0.05, 0.1) is 0 Å². The normalized spacial score (nSPS) is 15.5. The maximum absolute atomic E-state index is 13.0. The first-order chi connectivity index (χ1) is 11.8. The van der Waals surface area contributed by atoms with Crippen molar-refractivity contribution in [2.75, 3.05) is 38.1 Å². The third kappa shape index (κ3) is 4.01. The zero-order chi connectivity index (χ0) is 16.8. The number of benzene rings is 1. The van der Waals surface area contributed by atoms with Gasteiger partial charge in [0.15, 0.2) is 5.96 Å². The van der Waals surface area contributed by atoms with E-state index in [9.17, 15) is 4.39 Å². The second kappa shape index (κ2) is 7.77. The van der Waals surface area contributed by atoms with Crippen molar-refractivity contribution in [1.29, 1.82) is 0 Å². The number of anilines is 1. The molecule has 5 nitrogen and oxygen atoms in total. The molecular formula is C18H22FN5. The Morgan fingerprint density at radius 3 is 2.50 bits per heavy atom. The van der Waals surface area contributed by atoms with Gasteiger partial charge in [-0.2, -0.15) is 0 Å². The third-order valence-electron chi connectivity index (χ3n) is 4.13. The molecule has 0 atom stereocenters. The molecule has 1 aliphatic heterocycles. The number of nitrogens with one attached hydrogen (secondary N) is 1. The maximum Gasteiger partial charge on any atom is 0.194 e. The van der Waals surface area contributed by atoms with Crippen molar-refractivity contribution in [2.24, 2.45) is 4.99 Å². The Morgan fingerprint density at radius 2 is 1.88 bits per heavy atom. The highest BCUT2D eigenvalue weighted by Crippen LogP contribution is 2.12. The lowest BCUT2D eigenvalue weighted by atomic mass is 10.2. The fourth-order valence-corrected chi connectivity index (χ4v) is 2.80. The van der Waals surface area contributed by atoms with Crippen LogP contribution in [0, 0.1) is 5.82 Å². The van der Waals surface area contributed by atoms with Crippen LogP contribution in [0.1, 0.15) is 5.56 Å². The number of piperazine rings is 1. The first kappa shape index (κ1) is 16.2. The summed E-state index contributed by atoms with van der Waals surface area (Å²) in [6.45, 7) is 4.23. The van der Waals surface area contributed by atoms with E-state index in [1.54, 1.807) is 19.2 Å². The Kier molecular flexibility index (Phi) is 5.25. The molecule has 0 radical (unpaired) electrons. The zero-order valence-electron chi connectivity index (χ0n) is 13.8. The first-order valence-electron chi connectivity index (χ1n) is 8.12. The van der Waals surface area contributed by atoms with Gasteiger partial charge in [-0.05, 0) is 29.8 Å². The highest BCUT2D eigenvalue weighted by Gasteiger charge is 2.20. The van der Waals surface area contributed by atoms with Gasteiger partial charge < -0.3 is 15.1 Å². The molecule has 24 heavy (non-hydrogen) atoms. The van der Waals surface area contributed by atoms with Crippen LogP contribution in [0.25, 0.3) is 0 Å². The monoisotopic (exact) mass is 327 g/mol. The molecule has 126 valence electrons. The SMILES string of the molecule is CN=C(NCc1ccc(F)cc1)N1CCN(c2ccccn2)CC1. The van der Waals surface area contributed by atoms with Crippen molar-refractivity contribution in [2.45, 2.75) is 6.54 Å². The molecule has 1 saturated heterocycles. The van der Waals surface area contributed by atoms with Crippen LogP contribution in [0.15, 0.2) is 53.7 Å². The topological polar surface area (TPSA) is 43.8 Å². The van der Waals surface area contributed by atoms with E-state index in [2.05, 4.69) is 25.1 Å². The van der Waals surface area contributed by atoms with E-state index in [0.29, 0.717) is 6.54 Å². The molecule has 1 aliphatic rings. The van der Waals surface area contributed by atoms with Crippen LogP contribution in [0.3, 0.4) is 0 Å². The van der Waals surface area contributed by atoms with E-state index in [4.69, 9.17) is 0 Å². The molecule has 3 rings (SSSR count). The first-order valence-corrected chi connectivity index (χ1v) is 8.12. The van der Waals surface area contributed by atoms with E-state index in [-0.39, 0.29) is 5.82 Å². The van der Waals surface area contributed by atoms with Crippen LogP contribution in [-0.4, -0.2) is 49.1 Å². The number of nitrogens with zero attached hydrogens (tertiary/aromatic N) is 4. The molecule has 2 aromatic rings. The summed E-state index contributed by atoms with van der Waals surface area (Å²) in [5.74, 6) is 1.68. The summed E-state index contributed by atoms with van der Waals surface area (Å²) in [5, 5.41) is 3.35. The van der Waals surface area contributed by atoms with Gasteiger partial charge in [0.2, 0.25) is 0 Å². The molecular weight excluding hydrogens is 305 g/mol. The van der Waals surface area contributed by atoms with Gasteiger partial charge in [-0.3, -0.25) is 4.99 Å². The lowest BCUT2D eigenvalue weighted by molar-refractivity contribution is 0.371. The summed E-state index contributed by atoms with van der Waals surface area (Å²) < 4.78 is 13.0. The lowest BCUT2D eigenvalue weighted by Gasteiger charge is -2.37. The van der Waals surface area contributed by atoms with Gasteiger partial charge in [0.1, 0.15) is 11.6 Å². The van der Waals surface area contributed by atoms with Gasteiger partial charge >= 0.3 is 0 Å². The molecule has 1 N–H and O–H groups in total. The van der Waals surface area contributed by atoms with Crippen molar-refractivity contribution >= 4 is 11.8 Å². The predicted octanol–water partition coefficient (Wildman–Crippen LogP) is 2.12. The van der Waals surface area contributed by atoms with Crippen LogP contribution < -0.4 is 10.2 Å². The number of aromatic nitrogens is 1. The Labute approximate surface area is 141 Å². The summed E-state index contributed by atoms with van der Waals surface area (Å²) in [7, 11) is 1.79. The standard InChI is InChI=1S/C18H22FN5/c1-20-18(22-14-15-5-7-16(19)8-6-15)24-12-10-23(11-13-24)17-4-2-3-9-21-17/h2-9H,10-14H2,1H3,(H,20,22). The zero-order valence-corrected chi connectivity index (χ0v) is 13.8. The molecule has 0 amide bonds. The number of halogens is 1. The molecule has 2 heterocycles. The van der Waals surface area contributed by atoms with Crippen LogP contribution in [0.5, 0.6) is 0 Å². The predicted molar refractivity (Wildman–Crippen MR) is 94.6 cm³/mol. The van der Waals surface area contributed by atoms with Crippen molar-refractivity contribution in [3.63, 3.8) is 0 Å². The average molecular weight is 327 g/mol. The third-order valence-corrected chi connectivity index (χ3v) is 4.13. The number of aliphatic imine (C=N–C) groups is 1. The average Bonchev–Trinajstić information content (AvgIpc) is 2.65. The van der Waals surface area contributed by atoms with E-state index in [1.807, 2.05) is 24.4 Å². The van der Waals surface area contributed by atoms with Crippen molar-refractivity contribution in [1.82, 2.24) is 15.2 Å². The van der Waals surface area contributed by atoms with Gasteiger partial charge in [0, 0.05) is 46.0 Å². The number of hydrogen-bond acceptors (Lipinski definition) is 3. The van der Waals surface area contributed by atoms with Gasteiger partial charge in [-0.25, -0.2) is 9.37 Å². The van der Waals surface area contributed by atoms with Gasteiger partial charge in [-0.15, -0.1) is 0 Å². The number of guanidine groups is 1. The van der Waals surface area contributed by atoms with Crippen molar-refractivity contribution < 1.29 is 4.39 Å². The van der Waals surface area contributed by atoms with Crippen LogP contribution >= 0.6 is 0 Å². The fourth-order valence-electron chi connectivity index (χ4n) is 2.80. The Bertz CT molecular complexity index is 664. The quantitative estimate of drug-likeness (QED) is 0.693. The largest absolute Gasteiger partial charge is 0.353 e. The summed E-state index contributed by atoms with van der Waals surface area (Å²) in [6, 6.07) is 12.5. The summed E-state index contributed by atoms with van der Waals surface area (Å²) in [5.41, 5.74) is 1.03. The number of pyridine rings is 1. The molecule has 6 heteroatoms. The molecule has 0 spiro atoms. The van der Waals surface area contributed by atoms with Crippen LogP contribution in [-0.2, 0) is 6.54 Å². The molecule has 1 fully saturated rings. The van der Waals surface area contributed by atoms with Crippen LogP contribution in [0.4, 0.5) is 10.2 Å². The van der Waals surface area contributed by atoms with E-state index < -0.39 is 0 Å². The smallest absolute Gasteiger partial charge is 0.194 e. The minimum absolute atomic E-state index is 0.214. The van der Waals surface area contributed by atoms with Crippen LogP contribution in [0.2, 0.25) is 0 Å². The molecule has 0 bridgehead atoms. The van der Waals surface area contributed by atoms with Gasteiger partial charge in [-0.1, -0.05) is 18.2 Å². The number of rotatable bonds is 3. The molecule has 1 aromatic heterocycles. The highest BCUT2D eigenvalue weighted by molar-refractivity contribution is 5.80. The second-order valence-electron chi connectivity index (χ2n) is 5.69. The Hall–Kier alpha value is -2.63. The van der Waals surface area contributed by atoms with E-state index in [0.717, 1.165) is 43.5 Å². The van der Waals surface area contributed by atoms with Gasteiger partial charge in [0.25, 0.3) is 0 Å². The molecule has 0 aliphatic carbocycles. The number of hydrogen-bond donors (Lipinski definition) is 1. The van der Waals surface area contributed by atoms with Crippen molar-refractivity contribution in [3.8, 4) is 0 Å². The van der Waals surface area contributed by atoms with E-state index in [1.165, 1.54) is 12.1 Å². The Balaban J connectivity index is 1.53. The minimum Gasteiger partial charge on any atom is -0.353 e. The summed E-state index contributed by atoms with van der Waals surface area (Å²) in [4.78, 5) is 13.3. The lowest BCUT2D eigenvalue weighted by Crippen LogP contribution is -2.52.